The minimum absolute atomic E-state index is 0.445. The zero-order valence-electron chi connectivity index (χ0n) is 8.36. The van der Waals surface area contributed by atoms with Crippen molar-refractivity contribution in [3.05, 3.63) is 35.4 Å². The van der Waals surface area contributed by atoms with E-state index in [0.29, 0.717) is 5.82 Å². The molecule has 76 valence electrons. The summed E-state index contributed by atoms with van der Waals surface area (Å²) in [6.07, 6.45) is 3.54. The average Bonchev–Trinajstić information content (AvgIpc) is 2.84. The van der Waals surface area contributed by atoms with Gasteiger partial charge < -0.3 is 10.3 Å². The van der Waals surface area contributed by atoms with Crippen molar-refractivity contribution < 1.29 is 4.52 Å². The molecule has 0 fully saturated rings. The molecule has 0 aliphatic heterocycles. The van der Waals surface area contributed by atoms with Gasteiger partial charge in [0.05, 0.1) is 0 Å². The van der Waals surface area contributed by atoms with Crippen molar-refractivity contribution >= 4 is 5.82 Å². The van der Waals surface area contributed by atoms with Crippen LogP contribution in [-0.4, -0.2) is 5.16 Å². The van der Waals surface area contributed by atoms with Crippen LogP contribution in [-0.2, 0) is 12.8 Å². The van der Waals surface area contributed by atoms with Crippen LogP contribution < -0.4 is 5.73 Å². The number of aryl methyl sites for hydroxylation is 1. The van der Waals surface area contributed by atoms with Gasteiger partial charge in [-0.2, -0.15) is 0 Å². The third-order valence-corrected chi connectivity index (χ3v) is 2.94. The van der Waals surface area contributed by atoms with Gasteiger partial charge in [-0.3, -0.25) is 0 Å². The van der Waals surface area contributed by atoms with E-state index >= 15 is 0 Å². The monoisotopic (exact) mass is 200 g/mol. The molecule has 1 aliphatic carbocycles. The molecular weight excluding hydrogens is 188 g/mol. The van der Waals surface area contributed by atoms with E-state index in [4.69, 9.17) is 10.3 Å². The first kappa shape index (κ1) is 8.53. The zero-order valence-corrected chi connectivity index (χ0v) is 8.36. The fourth-order valence-electron chi connectivity index (χ4n) is 2.27. The van der Waals surface area contributed by atoms with Gasteiger partial charge in [0, 0.05) is 11.6 Å². The van der Waals surface area contributed by atoms with Crippen molar-refractivity contribution in [3.63, 3.8) is 0 Å². The van der Waals surface area contributed by atoms with Gasteiger partial charge in [-0.05, 0) is 30.4 Å². The molecule has 3 heteroatoms. The fraction of sp³-hybridized carbons (Fsp3) is 0.250. The molecule has 1 aromatic heterocycles. The molecule has 3 rings (SSSR count). The van der Waals surface area contributed by atoms with Crippen molar-refractivity contribution in [2.45, 2.75) is 19.3 Å². The van der Waals surface area contributed by atoms with Crippen LogP contribution in [0.3, 0.4) is 0 Å². The summed E-state index contributed by atoms with van der Waals surface area (Å²) in [5, 5.41) is 3.72. The van der Waals surface area contributed by atoms with Crippen LogP contribution in [0.2, 0.25) is 0 Å². The molecule has 15 heavy (non-hydrogen) atoms. The van der Waals surface area contributed by atoms with Crippen molar-refractivity contribution in [2.75, 3.05) is 5.73 Å². The second-order valence-corrected chi connectivity index (χ2v) is 3.91. The molecule has 3 nitrogen and oxygen atoms in total. The topological polar surface area (TPSA) is 52.0 Å². The zero-order chi connectivity index (χ0) is 10.3. The predicted octanol–water partition coefficient (Wildman–Crippen LogP) is 2.41. The molecule has 0 saturated heterocycles. The van der Waals surface area contributed by atoms with E-state index in [-0.39, 0.29) is 0 Å². The highest BCUT2D eigenvalue weighted by atomic mass is 16.5. The van der Waals surface area contributed by atoms with Crippen LogP contribution in [0, 0.1) is 0 Å². The first-order valence-electron chi connectivity index (χ1n) is 5.18. The lowest BCUT2D eigenvalue weighted by Crippen LogP contribution is -1.86. The molecular formula is C12H12N2O. The number of anilines is 1. The standard InChI is InChI=1S/C12H12N2O/c13-12-7-11(15-14-12)10-6-2-4-8-3-1-5-9(8)10/h2,4,6-7H,1,3,5H2,(H2,13,14). The summed E-state index contributed by atoms with van der Waals surface area (Å²) in [6, 6.07) is 8.11. The normalized spacial score (nSPS) is 14.1. The Labute approximate surface area is 87.9 Å². The molecule has 2 aromatic rings. The highest BCUT2D eigenvalue weighted by Gasteiger charge is 2.17. The van der Waals surface area contributed by atoms with Crippen LogP contribution in [0.25, 0.3) is 11.3 Å². The molecule has 0 saturated carbocycles. The summed E-state index contributed by atoms with van der Waals surface area (Å²) >= 11 is 0. The summed E-state index contributed by atoms with van der Waals surface area (Å²) in [7, 11) is 0. The molecule has 0 radical (unpaired) electrons. The number of nitrogens with two attached hydrogens (primary N) is 1. The van der Waals surface area contributed by atoms with Crippen molar-refractivity contribution in [1.29, 1.82) is 0 Å². The lowest BCUT2D eigenvalue weighted by molar-refractivity contribution is 0.435. The maximum absolute atomic E-state index is 5.56. The molecule has 0 amide bonds. The first-order valence-corrected chi connectivity index (χ1v) is 5.18. The minimum Gasteiger partial charge on any atom is -0.381 e. The SMILES string of the molecule is Nc1cc(-c2cccc3c2CCC3)on1. The Kier molecular flexibility index (Phi) is 1.78. The Morgan fingerprint density at radius 2 is 2.20 bits per heavy atom. The van der Waals surface area contributed by atoms with Gasteiger partial charge in [0.25, 0.3) is 0 Å². The number of benzene rings is 1. The van der Waals surface area contributed by atoms with E-state index in [1.165, 1.54) is 24.0 Å². The Morgan fingerprint density at radius 3 is 3.00 bits per heavy atom. The summed E-state index contributed by atoms with van der Waals surface area (Å²) in [5.41, 5.74) is 9.53. The first-order chi connectivity index (χ1) is 7.34. The van der Waals surface area contributed by atoms with Crippen molar-refractivity contribution in [3.8, 4) is 11.3 Å². The molecule has 1 aliphatic rings. The number of rotatable bonds is 1. The minimum atomic E-state index is 0.445. The van der Waals surface area contributed by atoms with E-state index in [1.807, 2.05) is 0 Å². The third-order valence-electron chi connectivity index (χ3n) is 2.94. The average molecular weight is 200 g/mol. The summed E-state index contributed by atoms with van der Waals surface area (Å²) in [5.74, 6) is 1.23. The third kappa shape index (κ3) is 1.31. The highest BCUT2D eigenvalue weighted by Crippen LogP contribution is 2.32. The van der Waals surface area contributed by atoms with Gasteiger partial charge in [0.1, 0.15) is 0 Å². The highest BCUT2D eigenvalue weighted by molar-refractivity contribution is 5.66. The molecule has 0 atom stereocenters. The van der Waals surface area contributed by atoms with Crippen LogP contribution in [0.4, 0.5) is 5.82 Å². The molecule has 0 unspecified atom stereocenters. The lowest BCUT2D eigenvalue weighted by atomic mass is 10.0. The second kappa shape index (κ2) is 3.12. The van der Waals surface area contributed by atoms with Gasteiger partial charge in [0.15, 0.2) is 11.6 Å². The maximum Gasteiger partial charge on any atom is 0.169 e. The smallest absolute Gasteiger partial charge is 0.169 e. The number of hydrogen-bond donors (Lipinski definition) is 1. The van der Waals surface area contributed by atoms with E-state index in [1.54, 1.807) is 6.07 Å². The van der Waals surface area contributed by atoms with Crippen LogP contribution in [0.15, 0.2) is 28.8 Å². The van der Waals surface area contributed by atoms with E-state index in [2.05, 4.69) is 23.4 Å². The lowest BCUT2D eigenvalue weighted by Gasteiger charge is -2.03. The van der Waals surface area contributed by atoms with Crippen LogP contribution in [0.1, 0.15) is 17.5 Å². The van der Waals surface area contributed by atoms with Gasteiger partial charge in [0.2, 0.25) is 0 Å². The van der Waals surface area contributed by atoms with Gasteiger partial charge >= 0.3 is 0 Å². The number of nitrogen functional groups attached to an aromatic ring is 1. The number of fused-ring (bicyclic) bond motifs is 1. The Morgan fingerprint density at radius 1 is 1.27 bits per heavy atom. The maximum atomic E-state index is 5.56. The summed E-state index contributed by atoms with van der Waals surface area (Å²) < 4.78 is 5.20. The van der Waals surface area contributed by atoms with E-state index in [0.717, 1.165) is 17.7 Å². The predicted molar refractivity (Wildman–Crippen MR) is 58.4 cm³/mol. The van der Waals surface area contributed by atoms with Crippen LogP contribution in [0.5, 0.6) is 0 Å². The number of nitrogens with zero attached hydrogens (tertiary/aromatic N) is 1. The number of hydrogen-bond acceptors (Lipinski definition) is 3. The van der Waals surface area contributed by atoms with Gasteiger partial charge in [-0.1, -0.05) is 23.4 Å². The van der Waals surface area contributed by atoms with E-state index in [9.17, 15) is 0 Å². The summed E-state index contributed by atoms with van der Waals surface area (Å²) in [6.45, 7) is 0. The quantitative estimate of drug-likeness (QED) is 0.769. The van der Waals surface area contributed by atoms with Crippen LogP contribution >= 0.6 is 0 Å². The molecule has 0 spiro atoms. The van der Waals surface area contributed by atoms with E-state index < -0.39 is 0 Å². The largest absolute Gasteiger partial charge is 0.381 e. The van der Waals surface area contributed by atoms with Crippen molar-refractivity contribution in [2.24, 2.45) is 0 Å². The summed E-state index contributed by atoms with van der Waals surface area (Å²) in [4.78, 5) is 0. The Hall–Kier alpha value is -1.77. The van der Waals surface area contributed by atoms with Gasteiger partial charge in [-0.25, -0.2) is 0 Å². The van der Waals surface area contributed by atoms with Crippen molar-refractivity contribution in [1.82, 2.24) is 5.16 Å². The second-order valence-electron chi connectivity index (χ2n) is 3.91. The molecule has 1 aromatic carbocycles. The Bertz CT molecular complexity index is 502. The molecule has 1 heterocycles. The fourth-order valence-corrected chi connectivity index (χ4v) is 2.27. The number of aromatic nitrogens is 1. The Balaban J connectivity index is 2.16. The van der Waals surface area contributed by atoms with Gasteiger partial charge in [-0.15, -0.1) is 0 Å². The molecule has 0 bridgehead atoms. The molecule has 2 N–H and O–H groups in total.